The monoisotopic (exact) mass is 350 g/mol. The van der Waals surface area contributed by atoms with Crippen LogP contribution in [0.2, 0.25) is 5.02 Å². The molecule has 6 heteroatoms. The van der Waals surface area contributed by atoms with Gasteiger partial charge < -0.3 is 0 Å². The van der Waals surface area contributed by atoms with Gasteiger partial charge in [-0.2, -0.15) is 10.2 Å². The first kappa shape index (κ1) is 16.7. The van der Waals surface area contributed by atoms with E-state index in [1.54, 1.807) is 24.3 Å². The first-order valence-electron chi connectivity index (χ1n) is 7.59. The Kier molecular flexibility index (Phi) is 5.39. The van der Waals surface area contributed by atoms with Crippen molar-refractivity contribution in [1.82, 2.24) is 15.6 Å². The maximum absolute atomic E-state index is 12.0. The highest BCUT2D eigenvalue weighted by atomic mass is 35.5. The average molecular weight is 351 g/mol. The van der Waals surface area contributed by atoms with Crippen LogP contribution >= 0.6 is 11.6 Å². The van der Waals surface area contributed by atoms with Gasteiger partial charge in [-0.3, -0.25) is 9.89 Å². The zero-order valence-corrected chi connectivity index (χ0v) is 13.9. The standard InChI is InChI=1S/C19H15ClN4O/c20-16-10-8-15(9-11-16)17-13-18(23-22-17)19(25)24-21-12-4-7-14-5-2-1-3-6-14/h1-13H,(H,22,23)(H,24,25)/b7-4+,21-12-. The van der Waals surface area contributed by atoms with Crippen molar-refractivity contribution in [3.8, 4) is 11.3 Å². The molecule has 2 aromatic carbocycles. The van der Waals surface area contributed by atoms with Gasteiger partial charge in [0.1, 0.15) is 5.69 Å². The fourth-order valence-corrected chi connectivity index (χ4v) is 2.25. The Hall–Kier alpha value is -3.18. The van der Waals surface area contributed by atoms with Crippen molar-refractivity contribution in [3.63, 3.8) is 0 Å². The molecule has 3 rings (SSSR count). The van der Waals surface area contributed by atoms with Crippen LogP contribution in [0.25, 0.3) is 17.3 Å². The summed E-state index contributed by atoms with van der Waals surface area (Å²) >= 11 is 5.86. The van der Waals surface area contributed by atoms with Crippen molar-refractivity contribution in [2.24, 2.45) is 5.10 Å². The molecule has 0 radical (unpaired) electrons. The van der Waals surface area contributed by atoms with E-state index in [2.05, 4.69) is 20.7 Å². The average Bonchev–Trinajstić information content (AvgIpc) is 3.13. The highest BCUT2D eigenvalue weighted by Crippen LogP contribution is 2.20. The Balaban J connectivity index is 1.57. The molecule has 0 aliphatic carbocycles. The van der Waals surface area contributed by atoms with Crippen molar-refractivity contribution in [1.29, 1.82) is 0 Å². The highest BCUT2D eigenvalue weighted by molar-refractivity contribution is 6.30. The molecule has 0 atom stereocenters. The lowest BCUT2D eigenvalue weighted by molar-refractivity contribution is 0.0950. The Morgan fingerprint density at radius 2 is 1.88 bits per heavy atom. The van der Waals surface area contributed by atoms with E-state index in [1.807, 2.05) is 48.5 Å². The zero-order valence-electron chi connectivity index (χ0n) is 13.2. The molecule has 5 nitrogen and oxygen atoms in total. The van der Waals surface area contributed by atoms with Gasteiger partial charge >= 0.3 is 0 Å². The number of aromatic nitrogens is 2. The molecule has 0 fully saturated rings. The molecular weight excluding hydrogens is 336 g/mol. The summed E-state index contributed by atoms with van der Waals surface area (Å²) < 4.78 is 0. The van der Waals surface area contributed by atoms with Crippen molar-refractivity contribution < 1.29 is 4.79 Å². The maximum Gasteiger partial charge on any atom is 0.289 e. The topological polar surface area (TPSA) is 70.1 Å². The second-order valence-electron chi connectivity index (χ2n) is 5.16. The largest absolute Gasteiger partial charge is 0.289 e. The van der Waals surface area contributed by atoms with Crippen molar-refractivity contribution in [2.75, 3.05) is 0 Å². The molecule has 0 saturated heterocycles. The molecule has 0 unspecified atom stereocenters. The van der Waals surface area contributed by atoms with E-state index >= 15 is 0 Å². The molecule has 2 N–H and O–H groups in total. The quantitative estimate of drug-likeness (QED) is 0.536. The molecule has 1 heterocycles. The molecular formula is C19H15ClN4O. The van der Waals surface area contributed by atoms with Crippen LogP contribution < -0.4 is 5.43 Å². The van der Waals surface area contributed by atoms with Crippen LogP contribution in [0.15, 0.2) is 71.8 Å². The van der Waals surface area contributed by atoms with Crippen molar-refractivity contribution >= 4 is 29.8 Å². The van der Waals surface area contributed by atoms with Gasteiger partial charge in [0, 0.05) is 16.8 Å². The number of amides is 1. The number of carbonyl (C=O) groups excluding carboxylic acids is 1. The first-order chi connectivity index (χ1) is 12.2. The predicted molar refractivity (Wildman–Crippen MR) is 100 cm³/mol. The number of hydrazone groups is 1. The summed E-state index contributed by atoms with van der Waals surface area (Å²) in [6.07, 6.45) is 5.16. The summed E-state index contributed by atoms with van der Waals surface area (Å²) in [6.45, 7) is 0. The number of H-pyrrole nitrogens is 1. The number of allylic oxidation sites excluding steroid dienone is 1. The number of benzene rings is 2. The van der Waals surface area contributed by atoms with Gasteiger partial charge in [-0.25, -0.2) is 5.43 Å². The Morgan fingerprint density at radius 3 is 2.64 bits per heavy atom. The van der Waals surface area contributed by atoms with Crippen LogP contribution in [0.4, 0.5) is 0 Å². The third-order valence-corrected chi connectivity index (χ3v) is 3.63. The minimum absolute atomic E-state index is 0.328. The predicted octanol–water partition coefficient (Wildman–Crippen LogP) is 4.16. The third kappa shape index (κ3) is 4.65. The number of nitrogens with zero attached hydrogens (tertiary/aromatic N) is 2. The SMILES string of the molecule is O=C(N/N=C\C=C\c1ccccc1)c1cc(-c2ccc(Cl)cc2)n[nH]1. The molecule has 0 bridgehead atoms. The van der Waals surface area contributed by atoms with Crippen molar-refractivity contribution in [3.05, 3.63) is 83.0 Å². The molecule has 0 aliphatic rings. The van der Waals surface area contributed by atoms with Crippen LogP contribution in [0.5, 0.6) is 0 Å². The second kappa shape index (κ2) is 8.08. The molecule has 3 aromatic rings. The maximum atomic E-state index is 12.0. The summed E-state index contributed by atoms with van der Waals surface area (Å²) in [6, 6.07) is 18.7. The molecule has 25 heavy (non-hydrogen) atoms. The lowest BCUT2D eigenvalue weighted by Crippen LogP contribution is -2.17. The number of carbonyl (C=O) groups is 1. The highest BCUT2D eigenvalue weighted by Gasteiger charge is 2.10. The number of halogens is 1. The summed E-state index contributed by atoms with van der Waals surface area (Å²) in [5, 5.41) is 11.4. The van der Waals surface area contributed by atoms with Gasteiger partial charge in [0.15, 0.2) is 0 Å². The smallest absolute Gasteiger partial charge is 0.272 e. The van der Waals surface area contributed by atoms with E-state index in [0.717, 1.165) is 11.1 Å². The van der Waals surface area contributed by atoms with Gasteiger partial charge in [-0.05, 0) is 29.8 Å². The Morgan fingerprint density at radius 1 is 1.12 bits per heavy atom. The molecule has 1 aromatic heterocycles. The van der Waals surface area contributed by atoms with E-state index in [1.165, 1.54) is 6.21 Å². The summed E-state index contributed by atoms with van der Waals surface area (Å²) in [5.41, 5.74) is 5.36. The number of hydrogen-bond donors (Lipinski definition) is 2. The van der Waals surface area contributed by atoms with Crippen LogP contribution in [0.1, 0.15) is 16.1 Å². The number of aromatic amines is 1. The fraction of sp³-hybridized carbons (Fsp3) is 0. The minimum Gasteiger partial charge on any atom is -0.272 e. The van der Waals surface area contributed by atoms with E-state index in [9.17, 15) is 4.79 Å². The summed E-state index contributed by atoms with van der Waals surface area (Å²) in [4.78, 5) is 12.0. The van der Waals surface area contributed by atoms with E-state index in [4.69, 9.17) is 11.6 Å². The lowest BCUT2D eigenvalue weighted by atomic mass is 10.1. The fourth-order valence-electron chi connectivity index (χ4n) is 2.12. The Labute approximate surface area is 150 Å². The van der Waals surface area contributed by atoms with Crippen LogP contribution in [-0.4, -0.2) is 22.3 Å². The number of hydrogen-bond acceptors (Lipinski definition) is 3. The summed E-state index contributed by atoms with van der Waals surface area (Å²) in [5.74, 6) is -0.364. The molecule has 1 amide bonds. The number of nitrogens with one attached hydrogen (secondary N) is 2. The molecule has 124 valence electrons. The normalized spacial score (nSPS) is 11.2. The van der Waals surface area contributed by atoms with Crippen LogP contribution in [0, 0.1) is 0 Å². The van der Waals surface area contributed by atoms with E-state index in [0.29, 0.717) is 16.4 Å². The second-order valence-corrected chi connectivity index (χ2v) is 5.60. The Bertz CT molecular complexity index is 899. The van der Waals surface area contributed by atoms with Gasteiger partial charge in [0.2, 0.25) is 0 Å². The van der Waals surface area contributed by atoms with Gasteiger partial charge in [-0.15, -0.1) is 0 Å². The molecule has 0 aliphatic heterocycles. The first-order valence-corrected chi connectivity index (χ1v) is 7.96. The van der Waals surface area contributed by atoms with Gasteiger partial charge in [0.25, 0.3) is 5.91 Å². The van der Waals surface area contributed by atoms with E-state index < -0.39 is 0 Å². The van der Waals surface area contributed by atoms with Crippen LogP contribution in [-0.2, 0) is 0 Å². The minimum atomic E-state index is -0.364. The molecule has 0 spiro atoms. The lowest BCUT2D eigenvalue weighted by Gasteiger charge is -1.95. The van der Waals surface area contributed by atoms with Crippen molar-refractivity contribution in [2.45, 2.75) is 0 Å². The van der Waals surface area contributed by atoms with E-state index in [-0.39, 0.29) is 5.91 Å². The van der Waals surface area contributed by atoms with Crippen LogP contribution in [0.3, 0.4) is 0 Å². The van der Waals surface area contributed by atoms with Gasteiger partial charge in [0.05, 0.1) is 5.69 Å². The van der Waals surface area contributed by atoms with Gasteiger partial charge in [-0.1, -0.05) is 60.1 Å². The zero-order chi connectivity index (χ0) is 17.5. The third-order valence-electron chi connectivity index (χ3n) is 3.38. The number of rotatable bonds is 5. The summed E-state index contributed by atoms with van der Waals surface area (Å²) in [7, 11) is 0. The molecule has 0 saturated carbocycles.